The van der Waals surface area contributed by atoms with Crippen LogP contribution in [0.5, 0.6) is 0 Å². The van der Waals surface area contributed by atoms with Crippen molar-refractivity contribution in [3.8, 4) is 11.1 Å². The monoisotopic (exact) mass is 548 g/mol. The van der Waals surface area contributed by atoms with Crippen LogP contribution in [0.2, 0.25) is 0 Å². The Morgan fingerprint density at radius 1 is 1.05 bits per heavy atom. The van der Waals surface area contributed by atoms with E-state index in [1.54, 1.807) is 41.7 Å². The smallest absolute Gasteiger partial charge is 0.264 e. The van der Waals surface area contributed by atoms with Gasteiger partial charge in [-0.1, -0.05) is 0 Å². The molecular weight excluding hydrogens is 514 g/mol. The van der Waals surface area contributed by atoms with Gasteiger partial charge in [-0.15, -0.1) is 0 Å². The van der Waals surface area contributed by atoms with Gasteiger partial charge in [0.25, 0.3) is 6.43 Å². The summed E-state index contributed by atoms with van der Waals surface area (Å²) in [6, 6.07) is 8.13. The summed E-state index contributed by atoms with van der Waals surface area (Å²) >= 11 is 1.96. The zero-order valence-electron chi connectivity index (χ0n) is 22.7. The van der Waals surface area contributed by atoms with Crippen LogP contribution in [0.25, 0.3) is 21.9 Å². The summed E-state index contributed by atoms with van der Waals surface area (Å²) < 4.78 is 32.2. The fraction of sp³-hybridized carbons (Fsp3) is 0.419. The second kappa shape index (κ2) is 10.5. The lowest BCUT2D eigenvalue weighted by molar-refractivity contribution is 0.0937. The van der Waals surface area contributed by atoms with E-state index in [2.05, 4.69) is 28.4 Å². The number of nitrogens with zero attached hydrogens (tertiary/aromatic N) is 4. The van der Waals surface area contributed by atoms with Crippen LogP contribution in [-0.2, 0) is 13.5 Å². The Labute approximate surface area is 232 Å². The van der Waals surface area contributed by atoms with Gasteiger partial charge in [0.1, 0.15) is 0 Å². The van der Waals surface area contributed by atoms with Gasteiger partial charge in [-0.3, -0.25) is 14.0 Å². The van der Waals surface area contributed by atoms with Crippen LogP contribution in [0.4, 0.5) is 20.2 Å². The van der Waals surface area contributed by atoms with E-state index in [0.717, 1.165) is 65.2 Å². The van der Waals surface area contributed by atoms with Gasteiger partial charge >= 0.3 is 0 Å². The number of carbonyl (C=O) groups excluding carboxylic acids is 1. The maximum absolute atomic E-state index is 14.4. The van der Waals surface area contributed by atoms with Crippen LogP contribution >= 0.6 is 11.8 Å². The molecule has 0 atom stereocenters. The molecule has 4 aromatic rings. The molecule has 3 heterocycles. The van der Waals surface area contributed by atoms with Crippen molar-refractivity contribution < 1.29 is 13.6 Å². The van der Waals surface area contributed by atoms with Crippen LogP contribution in [0.1, 0.15) is 72.9 Å². The first-order chi connectivity index (χ1) is 18.8. The number of rotatable bonds is 5. The van der Waals surface area contributed by atoms with Gasteiger partial charge in [0.2, 0.25) is 5.91 Å². The number of aromatic nitrogens is 3. The summed E-state index contributed by atoms with van der Waals surface area (Å²) in [5, 5.41) is 6.94. The van der Waals surface area contributed by atoms with Gasteiger partial charge in [-0.05, 0) is 91.7 Å². The molecule has 1 aliphatic heterocycles. The van der Waals surface area contributed by atoms with E-state index < -0.39 is 6.43 Å². The molecule has 6 rings (SSSR count). The molecule has 0 saturated heterocycles. The molecule has 0 amide bonds. The number of carbonyl (C=O) groups is 1. The zero-order valence-corrected chi connectivity index (χ0v) is 23.5. The van der Waals surface area contributed by atoms with Crippen LogP contribution in [0, 0.1) is 0 Å². The minimum Gasteiger partial charge on any atom is -0.341 e. The van der Waals surface area contributed by atoms with Crippen LogP contribution < -0.4 is 4.90 Å². The highest BCUT2D eigenvalue weighted by Gasteiger charge is 2.28. The number of anilines is 2. The summed E-state index contributed by atoms with van der Waals surface area (Å²) in [5.74, 6) is 0.422. The lowest BCUT2D eigenvalue weighted by Gasteiger charge is -2.34. The van der Waals surface area contributed by atoms with E-state index in [0.29, 0.717) is 17.0 Å². The summed E-state index contributed by atoms with van der Waals surface area (Å²) in [4.78, 5) is 14.5. The largest absolute Gasteiger partial charge is 0.341 e. The van der Waals surface area contributed by atoms with Gasteiger partial charge < -0.3 is 4.90 Å². The van der Waals surface area contributed by atoms with Crippen LogP contribution in [-0.4, -0.2) is 38.3 Å². The lowest BCUT2D eigenvalue weighted by atomic mass is 9.83. The maximum atomic E-state index is 14.4. The summed E-state index contributed by atoms with van der Waals surface area (Å²) in [5.41, 5.74) is 5.47. The molecule has 0 radical (unpaired) electrons. The van der Waals surface area contributed by atoms with Gasteiger partial charge in [0.05, 0.1) is 11.9 Å². The molecule has 1 saturated carbocycles. The van der Waals surface area contributed by atoms with Gasteiger partial charge in [-0.2, -0.15) is 16.9 Å². The minimum absolute atomic E-state index is 0.0257. The number of benzene rings is 2. The molecule has 5 nitrogen and oxygen atoms in total. The normalized spacial score (nSPS) is 19.6. The number of alkyl halides is 2. The third kappa shape index (κ3) is 4.88. The average Bonchev–Trinajstić information content (AvgIpc) is 3.58. The fourth-order valence-electron chi connectivity index (χ4n) is 6.42. The van der Waals surface area contributed by atoms with Crippen molar-refractivity contribution in [3.63, 3.8) is 0 Å². The van der Waals surface area contributed by atoms with E-state index in [-0.39, 0.29) is 11.5 Å². The van der Waals surface area contributed by atoms with Crippen molar-refractivity contribution in [1.29, 1.82) is 0 Å². The SMILES string of the molecule is CSC1CCC(c2cc(N3CCCc4cc(-c5cnn(C)c5)c(C(F)F)cc43)c3cn(C(C)=O)cc3c2)CC1. The Kier molecular flexibility index (Phi) is 7.00. The molecule has 0 unspecified atom stereocenters. The van der Waals surface area contributed by atoms with Crippen molar-refractivity contribution in [2.45, 2.75) is 63.0 Å². The molecule has 204 valence electrons. The Morgan fingerprint density at radius 2 is 1.85 bits per heavy atom. The second-order valence-electron chi connectivity index (χ2n) is 11.0. The first-order valence-corrected chi connectivity index (χ1v) is 15.0. The number of hydrogen-bond donors (Lipinski definition) is 0. The fourth-order valence-corrected chi connectivity index (χ4v) is 7.16. The van der Waals surface area contributed by atoms with Crippen molar-refractivity contribution >= 4 is 39.8 Å². The molecule has 0 spiro atoms. The molecule has 0 N–H and O–H groups in total. The quantitative estimate of drug-likeness (QED) is 0.253. The number of hydrogen-bond acceptors (Lipinski definition) is 4. The number of halogens is 2. The summed E-state index contributed by atoms with van der Waals surface area (Å²) in [6.07, 6.45) is 13.3. The Hall–Kier alpha value is -3.13. The lowest BCUT2D eigenvalue weighted by Crippen LogP contribution is -2.25. The molecule has 2 aliphatic rings. The molecule has 2 aromatic heterocycles. The molecular formula is C31H34F2N4OS. The van der Waals surface area contributed by atoms with Crippen molar-refractivity contribution in [2.24, 2.45) is 7.05 Å². The number of fused-ring (bicyclic) bond motifs is 2. The van der Waals surface area contributed by atoms with Gasteiger partial charge in [0, 0.05) is 71.9 Å². The van der Waals surface area contributed by atoms with E-state index in [9.17, 15) is 13.6 Å². The predicted molar refractivity (Wildman–Crippen MR) is 156 cm³/mol. The third-order valence-electron chi connectivity index (χ3n) is 8.51. The van der Waals surface area contributed by atoms with Crippen molar-refractivity contribution in [3.05, 3.63) is 65.7 Å². The number of thioether (sulfide) groups is 1. The standard InChI is InChI=1S/C31H34F2N4OS/c1-19(38)36-17-23-11-22(20-6-8-25(39-3)9-7-20)13-30(28(23)18-36)37-10-4-5-21-12-26(24-15-34-35(2)16-24)27(31(32)33)14-29(21)37/h11-18,20,25,31H,4-10H2,1-3H3. The second-order valence-corrected chi connectivity index (χ2v) is 12.1. The van der Waals surface area contributed by atoms with Gasteiger partial charge in [0.15, 0.2) is 0 Å². The van der Waals surface area contributed by atoms with E-state index in [4.69, 9.17) is 0 Å². The molecule has 8 heteroatoms. The molecule has 2 aromatic carbocycles. The Balaban J connectivity index is 1.49. The average molecular weight is 549 g/mol. The molecule has 0 bridgehead atoms. The summed E-state index contributed by atoms with van der Waals surface area (Å²) in [6.45, 7) is 2.30. The van der Waals surface area contributed by atoms with Gasteiger partial charge in [-0.25, -0.2) is 8.78 Å². The Bertz CT molecular complexity index is 1530. The predicted octanol–water partition coefficient (Wildman–Crippen LogP) is 8.11. The molecule has 1 aliphatic carbocycles. The third-order valence-corrected chi connectivity index (χ3v) is 9.65. The van der Waals surface area contributed by atoms with E-state index in [1.807, 2.05) is 30.2 Å². The minimum atomic E-state index is -2.61. The summed E-state index contributed by atoms with van der Waals surface area (Å²) in [7, 11) is 1.80. The molecule has 1 fully saturated rings. The first-order valence-electron chi connectivity index (χ1n) is 13.7. The highest BCUT2D eigenvalue weighted by atomic mass is 32.2. The number of aryl methyl sites for hydroxylation is 2. The van der Waals surface area contributed by atoms with E-state index in [1.165, 1.54) is 18.4 Å². The Morgan fingerprint density at radius 3 is 2.51 bits per heavy atom. The van der Waals surface area contributed by atoms with Crippen LogP contribution in [0.3, 0.4) is 0 Å². The van der Waals surface area contributed by atoms with E-state index >= 15 is 0 Å². The maximum Gasteiger partial charge on any atom is 0.264 e. The van der Waals surface area contributed by atoms with Crippen LogP contribution in [0.15, 0.2) is 49.1 Å². The topological polar surface area (TPSA) is 43.1 Å². The van der Waals surface area contributed by atoms with Crippen molar-refractivity contribution in [2.75, 3.05) is 17.7 Å². The highest BCUT2D eigenvalue weighted by Crippen LogP contribution is 2.45. The first kappa shape index (κ1) is 26.1. The highest BCUT2D eigenvalue weighted by molar-refractivity contribution is 7.99. The molecule has 39 heavy (non-hydrogen) atoms. The zero-order chi connectivity index (χ0) is 27.3. The van der Waals surface area contributed by atoms with Crippen molar-refractivity contribution in [1.82, 2.24) is 14.3 Å².